The highest BCUT2D eigenvalue weighted by Crippen LogP contribution is 2.34. The van der Waals surface area contributed by atoms with Gasteiger partial charge in [-0.1, -0.05) is 12.2 Å². The van der Waals surface area contributed by atoms with Crippen LogP contribution in [0.15, 0.2) is 12.1 Å². The van der Waals surface area contributed by atoms with Crippen LogP contribution in [0.25, 0.3) is 0 Å². The first-order valence-electron chi connectivity index (χ1n) is 6.71. The summed E-state index contributed by atoms with van der Waals surface area (Å²) in [5, 5.41) is 14.0. The quantitative estimate of drug-likeness (QED) is 0.634. The number of amides is 1. The Morgan fingerprint density at radius 3 is 2.59 bits per heavy atom. The second-order valence-electron chi connectivity index (χ2n) is 5.20. The number of nitrogens with zero attached hydrogens (tertiary/aromatic N) is 1. The Morgan fingerprint density at radius 2 is 2.05 bits per heavy atom. The van der Waals surface area contributed by atoms with E-state index in [0.717, 1.165) is 0 Å². The van der Waals surface area contributed by atoms with Crippen molar-refractivity contribution in [1.29, 1.82) is 0 Å². The number of alkyl halides is 2. The second-order valence-corrected chi connectivity index (χ2v) is 5.64. The molecule has 0 radical (unpaired) electrons. The summed E-state index contributed by atoms with van der Waals surface area (Å²) in [6, 6.07) is 2.74. The van der Waals surface area contributed by atoms with E-state index in [9.17, 15) is 13.6 Å². The standard InChI is InChI=1S/C13H16F2N4O2S/c14-13(15)3-1-7(2-4-13)17-10-6-8(18-12(20)21)5-9(19-10)11(16)22/h5-7H,1-4H2,(H2,16,22)(H,20,21)(H2,17,18,19). The maximum Gasteiger partial charge on any atom is 0.409 e. The number of aromatic nitrogens is 1. The number of nitrogens with one attached hydrogen (secondary N) is 2. The van der Waals surface area contributed by atoms with Crippen molar-refractivity contribution in [3.63, 3.8) is 0 Å². The smallest absolute Gasteiger partial charge is 0.409 e. The first-order chi connectivity index (χ1) is 10.2. The molecule has 120 valence electrons. The zero-order chi connectivity index (χ0) is 16.3. The van der Waals surface area contributed by atoms with Crippen molar-refractivity contribution in [2.45, 2.75) is 37.6 Å². The summed E-state index contributed by atoms with van der Waals surface area (Å²) in [5.74, 6) is -2.26. The van der Waals surface area contributed by atoms with E-state index in [-0.39, 0.29) is 35.3 Å². The molecule has 0 atom stereocenters. The van der Waals surface area contributed by atoms with Crippen molar-refractivity contribution < 1.29 is 18.7 Å². The summed E-state index contributed by atoms with van der Waals surface area (Å²) in [4.78, 5) is 14.9. The maximum absolute atomic E-state index is 13.1. The van der Waals surface area contributed by atoms with E-state index in [1.807, 2.05) is 0 Å². The van der Waals surface area contributed by atoms with Gasteiger partial charge in [-0.25, -0.2) is 18.6 Å². The summed E-state index contributed by atoms with van der Waals surface area (Å²) in [6.45, 7) is 0. The zero-order valence-corrected chi connectivity index (χ0v) is 12.4. The zero-order valence-electron chi connectivity index (χ0n) is 11.6. The summed E-state index contributed by atoms with van der Waals surface area (Å²) in [7, 11) is 0. The summed E-state index contributed by atoms with van der Waals surface area (Å²) >= 11 is 4.84. The normalized spacial score (nSPS) is 17.7. The van der Waals surface area contributed by atoms with Gasteiger partial charge in [0, 0.05) is 30.6 Å². The molecule has 0 aliphatic heterocycles. The van der Waals surface area contributed by atoms with E-state index in [0.29, 0.717) is 18.7 Å². The van der Waals surface area contributed by atoms with Crippen LogP contribution in [0.2, 0.25) is 0 Å². The fraction of sp³-hybridized carbons (Fsp3) is 0.462. The van der Waals surface area contributed by atoms with Crippen LogP contribution in [0.4, 0.5) is 25.1 Å². The number of thiocarbonyl (C=S) groups is 1. The number of nitrogens with two attached hydrogens (primary N) is 1. The number of carbonyl (C=O) groups is 1. The summed E-state index contributed by atoms with van der Waals surface area (Å²) in [6.07, 6.45) is -0.968. The monoisotopic (exact) mass is 330 g/mol. The van der Waals surface area contributed by atoms with Gasteiger partial charge in [0.2, 0.25) is 5.92 Å². The molecule has 1 amide bonds. The molecule has 1 aliphatic carbocycles. The lowest BCUT2D eigenvalue weighted by atomic mass is 9.92. The van der Waals surface area contributed by atoms with Gasteiger partial charge < -0.3 is 16.2 Å². The molecule has 1 aromatic rings. The molecule has 6 nitrogen and oxygen atoms in total. The predicted octanol–water partition coefficient (Wildman–Crippen LogP) is 2.80. The third kappa shape index (κ3) is 4.48. The fourth-order valence-electron chi connectivity index (χ4n) is 2.32. The van der Waals surface area contributed by atoms with Crippen LogP contribution in [0.5, 0.6) is 0 Å². The van der Waals surface area contributed by atoms with Crippen molar-refractivity contribution in [3.8, 4) is 0 Å². The maximum atomic E-state index is 13.1. The molecule has 0 aromatic carbocycles. The molecule has 1 fully saturated rings. The highest BCUT2D eigenvalue weighted by molar-refractivity contribution is 7.80. The Hall–Kier alpha value is -2.03. The van der Waals surface area contributed by atoms with E-state index in [1.54, 1.807) is 0 Å². The molecular weight excluding hydrogens is 314 g/mol. The number of rotatable bonds is 4. The number of hydrogen-bond donors (Lipinski definition) is 4. The largest absolute Gasteiger partial charge is 0.465 e. The second kappa shape index (κ2) is 6.39. The molecule has 1 aliphatic rings. The van der Waals surface area contributed by atoms with E-state index >= 15 is 0 Å². The van der Waals surface area contributed by atoms with Crippen LogP contribution in [-0.4, -0.2) is 33.1 Å². The number of halogens is 2. The highest BCUT2D eigenvalue weighted by atomic mass is 32.1. The van der Waals surface area contributed by atoms with Crippen molar-refractivity contribution in [3.05, 3.63) is 17.8 Å². The van der Waals surface area contributed by atoms with Gasteiger partial charge in [0.15, 0.2) is 0 Å². The van der Waals surface area contributed by atoms with Gasteiger partial charge in [0.25, 0.3) is 0 Å². The molecule has 2 rings (SSSR count). The van der Waals surface area contributed by atoms with Gasteiger partial charge in [-0.2, -0.15) is 0 Å². The van der Waals surface area contributed by atoms with Crippen LogP contribution >= 0.6 is 12.2 Å². The Labute approximate surface area is 131 Å². The predicted molar refractivity (Wildman–Crippen MR) is 82.6 cm³/mol. The fourth-order valence-corrected chi connectivity index (χ4v) is 2.42. The summed E-state index contributed by atoms with van der Waals surface area (Å²) < 4.78 is 26.3. The van der Waals surface area contributed by atoms with Gasteiger partial charge in [0.05, 0.1) is 0 Å². The highest BCUT2D eigenvalue weighted by Gasteiger charge is 2.34. The van der Waals surface area contributed by atoms with Crippen molar-refractivity contribution in [2.24, 2.45) is 5.73 Å². The number of carboxylic acid groups (broad SMARTS) is 1. The molecule has 0 bridgehead atoms. The Bertz CT molecular complexity index is 587. The Kier molecular flexibility index (Phi) is 4.74. The average molecular weight is 330 g/mol. The minimum absolute atomic E-state index is 0.0206. The van der Waals surface area contributed by atoms with E-state index in [2.05, 4.69) is 15.6 Å². The lowest BCUT2D eigenvalue weighted by Gasteiger charge is -2.29. The molecule has 5 N–H and O–H groups in total. The molecule has 9 heteroatoms. The van der Waals surface area contributed by atoms with Gasteiger partial charge in [-0.15, -0.1) is 0 Å². The Balaban J connectivity index is 2.14. The van der Waals surface area contributed by atoms with Crippen LogP contribution < -0.4 is 16.4 Å². The van der Waals surface area contributed by atoms with Crippen molar-refractivity contribution in [2.75, 3.05) is 10.6 Å². The molecule has 1 aromatic heterocycles. The third-order valence-corrected chi connectivity index (χ3v) is 3.61. The number of pyridine rings is 1. The average Bonchev–Trinajstić information content (AvgIpc) is 2.40. The molecule has 1 saturated carbocycles. The molecule has 1 heterocycles. The van der Waals surface area contributed by atoms with E-state index in [4.69, 9.17) is 23.1 Å². The van der Waals surface area contributed by atoms with Crippen molar-refractivity contribution in [1.82, 2.24) is 4.98 Å². The van der Waals surface area contributed by atoms with E-state index < -0.39 is 12.0 Å². The minimum atomic E-state index is -2.61. The van der Waals surface area contributed by atoms with Crippen LogP contribution in [0, 0.1) is 0 Å². The first kappa shape index (κ1) is 16.3. The molecule has 0 saturated heterocycles. The summed E-state index contributed by atoms with van der Waals surface area (Å²) in [5.41, 5.74) is 6.03. The SMILES string of the molecule is NC(=S)c1cc(NC(=O)O)cc(NC2CCC(F)(F)CC2)n1. The van der Waals surface area contributed by atoms with Crippen LogP contribution in [0.3, 0.4) is 0 Å². The topological polar surface area (TPSA) is 100 Å². The molecular formula is C13H16F2N4O2S. The molecule has 22 heavy (non-hydrogen) atoms. The van der Waals surface area contributed by atoms with E-state index in [1.165, 1.54) is 12.1 Å². The van der Waals surface area contributed by atoms with Gasteiger partial charge in [0.1, 0.15) is 16.5 Å². The lowest BCUT2D eigenvalue weighted by molar-refractivity contribution is -0.0361. The van der Waals surface area contributed by atoms with Crippen LogP contribution in [-0.2, 0) is 0 Å². The lowest BCUT2D eigenvalue weighted by Crippen LogP contribution is -2.32. The van der Waals surface area contributed by atoms with Crippen molar-refractivity contribution >= 4 is 34.8 Å². The van der Waals surface area contributed by atoms with Gasteiger partial charge in [-0.05, 0) is 18.9 Å². The number of hydrogen-bond acceptors (Lipinski definition) is 4. The Morgan fingerprint density at radius 1 is 1.41 bits per heavy atom. The number of anilines is 2. The first-order valence-corrected chi connectivity index (χ1v) is 7.12. The van der Waals surface area contributed by atoms with Gasteiger partial charge in [-0.3, -0.25) is 5.32 Å². The molecule has 0 unspecified atom stereocenters. The minimum Gasteiger partial charge on any atom is -0.465 e. The van der Waals surface area contributed by atoms with Gasteiger partial charge >= 0.3 is 6.09 Å². The van der Waals surface area contributed by atoms with Crippen LogP contribution in [0.1, 0.15) is 31.4 Å². The third-order valence-electron chi connectivity index (χ3n) is 3.40. The molecule has 0 spiro atoms.